The summed E-state index contributed by atoms with van der Waals surface area (Å²) in [6.45, 7) is 3.55. The van der Waals surface area contributed by atoms with Crippen molar-refractivity contribution < 1.29 is 9.90 Å². The van der Waals surface area contributed by atoms with E-state index in [1.807, 2.05) is 18.2 Å². The predicted molar refractivity (Wildman–Crippen MR) is 67.0 cm³/mol. The lowest BCUT2D eigenvalue weighted by atomic mass is 9.82. The molecule has 1 aromatic carbocycles. The van der Waals surface area contributed by atoms with Crippen LogP contribution in [0, 0.1) is 17.8 Å². The summed E-state index contributed by atoms with van der Waals surface area (Å²) >= 11 is 0. The number of benzene rings is 1. The Kier molecular flexibility index (Phi) is 4.30. The van der Waals surface area contributed by atoms with Gasteiger partial charge in [-0.3, -0.25) is 4.79 Å². The molecule has 1 unspecified atom stereocenters. The Morgan fingerprint density at radius 1 is 1.47 bits per heavy atom. The van der Waals surface area contributed by atoms with E-state index in [4.69, 9.17) is 6.42 Å². The fourth-order valence-corrected chi connectivity index (χ4v) is 1.54. The smallest absolute Gasteiger partial charge is 0.229 e. The Balaban J connectivity index is 2.83. The van der Waals surface area contributed by atoms with Gasteiger partial charge in [0.2, 0.25) is 5.91 Å². The summed E-state index contributed by atoms with van der Waals surface area (Å²) in [6, 6.07) is 9.10. The van der Waals surface area contributed by atoms with Crippen LogP contribution < -0.4 is 5.32 Å². The van der Waals surface area contributed by atoms with Crippen LogP contribution in [0.2, 0.25) is 0 Å². The van der Waals surface area contributed by atoms with Crippen LogP contribution in [0.4, 0.5) is 0 Å². The highest BCUT2D eigenvalue weighted by atomic mass is 16.3. The molecule has 1 rings (SSSR count). The van der Waals surface area contributed by atoms with Crippen LogP contribution >= 0.6 is 0 Å². The molecule has 0 aliphatic heterocycles. The highest BCUT2D eigenvalue weighted by Crippen LogP contribution is 2.33. The standard InChI is InChI=1S/C14H17NO2/c1-4-10-15-13(17)14(2,3)12(16)11-8-6-5-7-9-11/h1,5-9,12,16H,10H2,2-3H3,(H,15,17). The normalized spacial score (nSPS) is 12.6. The Bertz CT molecular complexity index is 418. The van der Waals surface area contributed by atoms with E-state index in [1.54, 1.807) is 26.0 Å². The first-order chi connectivity index (χ1) is 8.00. The molecule has 1 amide bonds. The summed E-state index contributed by atoms with van der Waals surface area (Å²) in [7, 11) is 0. The lowest BCUT2D eigenvalue weighted by molar-refractivity contribution is -0.135. The lowest BCUT2D eigenvalue weighted by Crippen LogP contribution is -2.41. The molecule has 0 radical (unpaired) electrons. The van der Waals surface area contributed by atoms with Gasteiger partial charge in [0.15, 0.2) is 0 Å². The van der Waals surface area contributed by atoms with Crippen LogP contribution in [0.15, 0.2) is 30.3 Å². The van der Waals surface area contributed by atoms with Gasteiger partial charge in [0.25, 0.3) is 0 Å². The minimum absolute atomic E-state index is 0.170. The van der Waals surface area contributed by atoms with Crippen LogP contribution in [-0.2, 0) is 4.79 Å². The van der Waals surface area contributed by atoms with Crippen molar-refractivity contribution in [3.8, 4) is 12.3 Å². The largest absolute Gasteiger partial charge is 0.387 e. The van der Waals surface area contributed by atoms with Crippen molar-refractivity contribution in [3.05, 3.63) is 35.9 Å². The van der Waals surface area contributed by atoms with Crippen LogP contribution in [0.3, 0.4) is 0 Å². The molecule has 0 saturated carbocycles. The number of terminal acetylenes is 1. The fraction of sp³-hybridized carbons (Fsp3) is 0.357. The number of hydrogen-bond donors (Lipinski definition) is 2. The quantitative estimate of drug-likeness (QED) is 0.771. The van der Waals surface area contributed by atoms with Crippen molar-refractivity contribution in [3.63, 3.8) is 0 Å². The molecule has 0 aliphatic carbocycles. The molecule has 90 valence electrons. The zero-order chi connectivity index (χ0) is 12.9. The molecule has 3 nitrogen and oxygen atoms in total. The van der Waals surface area contributed by atoms with Crippen LogP contribution in [0.1, 0.15) is 25.5 Å². The molecule has 0 saturated heterocycles. The van der Waals surface area contributed by atoms with E-state index in [2.05, 4.69) is 11.2 Å². The first kappa shape index (κ1) is 13.3. The molecule has 1 atom stereocenters. The average Bonchev–Trinajstić information content (AvgIpc) is 2.35. The molecule has 0 aliphatic rings. The third-order valence-corrected chi connectivity index (χ3v) is 2.74. The van der Waals surface area contributed by atoms with Crippen LogP contribution in [-0.4, -0.2) is 17.6 Å². The second-order valence-electron chi connectivity index (χ2n) is 4.42. The van der Waals surface area contributed by atoms with E-state index in [9.17, 15) is 9.90 Å². The Labute approximate surface area is 102 Å². The zero-order valence-electron chi connectivity index (χ0n) is 10.1. The van der Waals surface area contributed by atoms with Gasteiger partial charge in [0.05, 0.1) is 18.1 Å². The molecule has 0 spiro atoms. The van der Waals surface area contributed by atoms with Gasteiger partial charge in [-0.1, -0.05) is 36.3 Å². The molecular formula is C14H17NO2. The topological polar surface area (TPSA) is 49.3 Å². The maximum Gasteiger partial charge on any atom is 0.229 e. The Morgan fingerprint density at radius 2 is 2.06 bits per heavy atom. The molecule has 2 N–H and O–H groups in total. The summed E-state index contributed by atoms with van der Waals surface area (Å²) in [6.07, 6.45) is 4.22. The number of carbonyl (C=O) groups is 1. The van der Waals surface area contributed by atoms with Crippen molar-refractivity contribution in [2.45, 2.75) is 20.0 Å². The van der Waals surface area contributed by atoms with E-state index in [1.165, 1.54) is 0 Å². The van der Waals surface area contributed by atoms with Gasteiger partial charge in [-0.2, -0.15) is 0 Å². The fourth-order valence-electron chi connectivity index (χ4n) is 1.54. The minimum Gasteiger partial charge on any atom is -0.387 e. The number of carbonyl (C=O) groups excluding carboxylic acids is 1. The van der Waals surface area contributed by atoms with E-state index >= 15 is 0 Å². The lowest BCUT2D eigenvalue weighted by Gasteiger charge is -2.29. The average molecular weight is 231 g/mol. The van der Waals surface area contributed by atoms with Gasteiger partial charge in [0, 0.05) is 0 Å². The molecular weight excluding hydrogens is 214 g/mol. The highest BCUT2D eigenvalue weighted by Gasteiger charge is 2.36. The number of aliphatic hydroxyl groups excluding tert-OH is 1. The van der Waals surface area contributed by atoms with Crippen molar-refractivity contribution in [1.29, 1.82) is 0 Å². The molecule has 0 heterocycles. The number of amides is 1. The van der Waals surface area contributed by atoms with Gasteiger partial charge in [-0.05, 0) is 19.4 Å². The van der Waals surface area contributed by atoms with Gasteiger partial charge in [0.1, 0.15) is 0 Å². The molecule has 0 fully saturated rings. The second kappa shape index (κ2) is 5.51. The van der Waals surface area contributed by atoms with Gasteiger partial charge >= 0.3 is 0 Å². The predicted octanol–water partition coefficient (Wildman–Crippen LogP) is 1.50. The van der Waals surface area contributed by atoms with E-state index in [0.717, 1.165) is 0 Å². The maximum absolute atomic E-state index is 11.9. The van der Waals surface area contributed by atoms with Gasteiger partial charge in [-0.25, -0.2) is 0 Å². The SMILES string of the molecule is C#CCNC(=O)C(C)(C)C(O)c1ccccc1. The first-order valence-corrected chi connectivity index (χ1v) is 5.45. The summed E-state index contributed by atoms with van der Waals surface area (Å²) in [5, 5.41) is 12.8. The van der Waals surface area contributed by atoms with Crippen LogP contribution in [0.5, 0.6) is 0 Å². The van der Waals surface area contributed by atoms with Crippen molar-refractivity contribution in [2.24, 2.45) is 5.41 Å². The number of rotatable bonds is 4. The highest BCUT2D eigenvalue weighted by molar-refractivity contribution is 5.82. The van der Waals surface area contributed by atoms with E-state index < -0.39 is 11.5 Å². The number of aliphatic hydroxyl groups is 1. The van der Waals surface area contributed by atoms with Crippen LogP contribution in [0.25, 0.3) is 0 Å². The molecule has 3 heteroatoms. The first-order valence-electron chi connectivity index (χ1n) is 5.45. The summed E-state index contributed by atoms with van der Waals surface area (Å²) in [5.74, 6) is 2.08. The third kappa shape index (κ3) is 3.08. The van der Waals surface area contributed by atoms with E-state index in [0.29, 0.717) is 5.56 Å². The van der Waals surface area contributed by atoms with Crippen molar-refractivity contribution in [2.75, 3.05) is 6.54 Å². The van der Waals surface area contributed by atoms with Gasteiger partial charge in [-0.15, -0.1) is 6.42 Å². The molecule has 0 aromatic heterocycles. The summed E-state index contributed by atoms with van der Waals surface area (Å²) in [4.78, 5) is 11.9. The number of hydrogen-bond acceptors (Lipinski definition) is 2. The van der Waals surface area contributed by atoms with E-state index in [-0.39, 0.29) is 12.5 Å². The Morgan fingerprint density at radius 3 is 2.59 bits per heavy atom. The molecule has 0 bridgehead atoms. The minimum atomic E-state index is -0.918. The van der Waals surface area contributed by atoms with Crippen molar-refractivity contribution in [1.82, 2.24) is 5.32 Å². The third-order valence-electron chi connectivity index (χ3n) is 2.74. The summed E-state index contributed by atoms with van der Waals surface area (Å²) in [5.41, 5.74) is -0.202. The second-order valence-corrected chi connectivity index (χ2v) is 4.42. The summed E-state index contributed by atoms with van der Waals surface area (Å²) < 4.78 is 0. The zero-order valence-corrected chi connectivity index (χ0v) is 10.1. The maximum atomic E-state index is 11.9. The molecule has 17 heavy (non-hydrogen) atoms. The van der Waals surface area contributed by atoms with Crippen molar-refractivity contribution >= 4 is 5.91 Å². The molecule has 1 aromatic rings. The Hall–Kier alpha value is -1.79. The monoisotopic (exact) mass is 231 g/mol. The van der Waals surface area contributed by atoms with Gasteiger partial charge < -0.3 is 10.4 Å². The number of nitrogens with one attached hydrogen (secondary N) is 1.